The maximum atomic E-state index is 12.5. The summed E-state index contributed by atoms with van der Waals surface area (Å²) in [6.45, 7) is 2.22. The molecule has 106 valence electrons. The number of carbonyl (C=O) groups excluding carboxylic acids is 1. The standard InChI is InChI=1S/C19H24O/c1-2-19-12-11-15-14-6-4-3-5-13(14)7-8-16(15)17(19)9-10-18(19)20/h5,7-8,11,14,16-17H,2-4,6,9-10,12H2,1H3/t14-,16+,17-,19-/m0/s1. The normalized spacial score (nSPS) is 42.5. The minimum Gasteiger partial charge on any atom is -0.299 e. The van der Waals surface area contributed by atoms with Crippen molar-refractivity contribution in [3.05, 3.63) is 35.5 Å². The maximum Gasteiger partial charge on any atom is 0.139 e. The third-order valence-corrected chi connectivity index (χ3v) is 6.48. The number of Topliss-reactive ketones (excluding diaryl/α,β-unsaturated/α-hetero) is 1. The molecule has 0 amide bonds. The number of hydrogen-bond donors (Lipinski definition) is 0. The van der Waals surface area contributed by atoms with Crippen LogP contribution in [0, 0.1) is 23.2 Å². The summed E-state index contributed by atoms with van der Waals surface area (Å²) in [6.07, 6.45) is 17.6. The first kappa shape index (κ1) is 12.6. The number of allylic oxidation sites excluding steroid dienone is 6. The van der Waals surface area contributed by atoms with Crippen molar-refractivity contribution in [3.63, 3.8) is 0 Å². The zero-order chi connectivity index (χ0) is 13.7. The van der Waals surface area contributed by atoms with Crippen LogP contribution in [0.2, 0.25) is 0 Å². The molecule has 20 heavy (non-hydrogen) atoms. The molecule has 0 spiro atoms. The van der Waals surface area contributed by atoms with Crippen LogP contribution >= 0.6 is 0 Å². The van der Waals surface area contributed by atoms with E-state index in [1.54, 1.807) is 11.1 Å². The van der Waals surface area contributed by atoms with Crippen LogP contribution in [-0.4, -0.2) is 5.78 Å². The lowest BCUT2D eigenvalue weighted by molar-refractivity contribution is -0.128. The van der Waals surface area contributed by atoms with E-state index in [2.05, 4.69) is 31.2 Å². The fourth-order valence-corrected chi connectivity index (χ4v) is 5.36. The molecule has 1 heteroatoms. The van der Waals surface area contributed by atoms with Crippen LogP contribution in [0.25, 0.3) is 0 Å². The number of fused-ring (bicyclic) bond motifs is 5. The molecule has 4 aliphatic carbocycles. The van der Waals surface area contributed by atoms with Crippen LogP contribution < -0.4 is 0 Å². The van der Waals surface area contributed by atoms with Crippen molar-refractivity contribution in [2.24, 2.45) is 23.2 Å². The first-order valence-corrected chi connectivity index (χ1v) is 8.38. The quantitative estimate of drug-likeness (QED) is 0.635. The van der Waals surface area contributed by atoms with E-state index < -0.39 is 0 Å². The minimum absolute atomic E-state index is 0.0195. The Labute approximate surface area is 121 Å². The summed E-state index contributed by atoms with van der Waals surface area (Å²) in [5, 5.41) is 0. The van der Waals surface area contributed by atoms with Gasteiger partial charge in [0.1, 0.15) is 5.78 Å². The van der Waals surface area contributed by atoms with E-state index >= 15 is 0 Å². The second-order valence-electron chi connectivity index (χ2n) is 7.06. The highest BCUT2D eigenvalue weighted by Gasteiger charge is 2.53. The molecule has 0 aliphatic heterocycles. The van der Waals surface area contributed by atoms with Crippen molar-refractivity contribution in [1.82, 2.24) is 0 Å². The van der Waals surface area contributed by atoms with Gasteiger partial charge in [-0.25, -0.2) is 0 Å². The number of ketones is 1. The zero-order valence-corrected chi connectivity index (χ0v) is 12.4. The predicted molar refractivity (Wildman–Crippen MR) is 81.2 cm³/mol. The topological polar surface area (TPSA) is 17.1 Å². The molecule has 4 atom stereocenters. The van der Waals surface area contributed by atoms with E-state index in [9.17, 15) is 4.79 Å². The minimum atomic E-state index is -0.0195. The average Bonchev–Trinajstić information content (AvgIpc) is 2.85. The number of carbonyl (C=O) groups is 1. The molecule has 1 nitrogen and oxygen atoms in total. The third-order valence-electron chi connectivity index (χ3n) is 6.48. The van der Waals surface area contributed by atoms with Gasteiger partial charge in [-0.1, -0.05) is 36.8 Å². The molecule has 0 aromatic carbocycles. The highest BCUT2D eigenvalue weighted by molar-refractivity contribution is 5.88. The molecule has 0 unspecified atom stereocenters. The number of rotatable bonds is 1. The summed E-state index contributed by atoms with van der Waals surface area (Å²) >= 11 is 0. The van der Waals surface area contributed by atoms with Gasteiger partial charge in [-0.3, -0.25) is 4.79 Å². The van der Waals surface area contributed by atoms with Crippen LogP contribution in [-0.2, 0) is 4.79 Å². The Balaban J connectivity index is 1.77. The summed E-state index contributed by atoms with van der Waals surface area (Å²) in [7, 11) is 0. The lowest BCUT2D eigenvalue weighted by Gasteiger charge is -2.46. The van der Waals surface area contributed by atoms with Crippen molar-refractivity contribution in [1.29, 1.82) is 0 Å². The molecule has 0 N–H and O–H groups in total. The van der Waals surface area contributed by atoms with Crippen molar-refractivity contribution >= 4 is 5.78 Å². The fraction of sp³-hybridized carbons (Fsp3) is 0.632. The van der Waals surface area contributed by atoms with Crippen molar-refractivity contribution < 1.29 is 4.79 Å². The van der Waals surface area contributed by atoms with E-state index in [0.29, 0.717) is 23.5 Å². The maximum absolute atomic E-state index is 12.5. The largest absolute Gasteiger partial charge is 0.299 e. The Morgan fingerprint density at radius 2 is 2.20 bits per heavy atom. The zero-order valence-electron chi connectivity index (χ0n) is 12.4. The molecular weight excluding hydrogens is 244 g/mol. The van der Waals surface area contributed by atoms with Gasteiger partial charge in [0.05, 0.1) is 0 Å². The second-order valence-corrected chi connectivity index (χ2v) is 7.06. The van der Waals surface area contributed by atoms with Gasteiger partial charge in [0, 0.05) is 23.7 Å². The second kappa shape index (κ2) is 4.44. The van der Waals surface area contributed by atoms with E-state index in [1.807, 2.05) is 0 Å². The smallest absolute Gasteiger partial charge is 0.139 e. The van der Waals surface area contributed by atoms with Crippen LogP contribution in [0.3, 0.4) is 0 Å². The summed E-state index contributed by atoms with van der Waals surface area (Å²) in [4.78, 5) is 12.5. The Bertz CT molecular complexity index is 536. The lowest BCUT2D eigenvalue weighted by atomic mass is 9.57. The summed E-state index contributed by atoms with van der Waals surface area (Å²) in [5.41, 5.74) is 3.18. The van der Waals surface area contributed by atoms with Gasteiger partial charge in [-0.05, 0) is 50.0 Å². The van der Waals surface area contributed by atoms with Gasteiger partial charge >= 0.3 is 0 Å². The Hall–Kier alpha value is -1.11. The van der Waals surface area contributed by atoms with Crippen LogP contribution in [0.5, 0.6) is 0 Å². The molecule has 1 fully saturated rings. The molecule has 4 rings (SSSR count). The molecule has 4 aliphatic rings. The summed E-state index contributed by atoms with van der Waals surface area (Å²) in [6, 6.07) is 0. The van der Waals surface area contributed by atoms with Crippen molar-refractivity contribution in [2.75, 3.05) is 0 Å². The van der Waals surface area contributed by atoms with E-state index in [0.717, 1.165) is 25.7 Å². The van der Waals surface area contributed by atoms with Gasteiger partial charge in [0.25, 0.3) is 0 Å². The molecule has 0 saturated heterocycles. The summed E-state index contributed by atoms with van der Waals surface area (Å²) in [5.74, 6) is 2.35. The molecule has 0 aromatic rings. The van der Waals surface area contributed by atoms with E-state index in [4.69, 9.17) is 0 Å². The average molecular weight is 268 g/mol. The highest BCUT2D eigenvalue weighted by Crippen LogP contribution is 2.58. The van der Waals surface area contributed by atoms with Crippen molar-refractivity contribution in [3.8, 4) is 0 Å². The SMILES string of the molecule is CC[C@]12CC=C3[C@H]4CCCC=C4C=C[C@H]3[C@@H]1CCC2=O. The molecule has 0 aromatic heterocycles. The molecule has 0 heterocycles. The predicted octanol–water partition coefficient (Wildman–Crippen LogP) is 4.60. The van der Waals surface area contributed by atoms with Gasteiger partial charge in [-0.2, -0.15) is 0 Å². The highest BCUT2D eigenvalue weighted by atomic mass is 16.1. The lowest BCUT2D eigenvalue weighted by Crippen LogP contribution is -2.40. The third kappa shape index (κ3) is 1.52. The molecular formula is C19H24O. The first-order chi connectivity index (χ1) is 9.76. The summed E-state index contributed by atoms with van der Waals surface area (Å²) < 4.78 is 0. The molecule has 1 saturated carbocycles. The van der Waals surface area contributed by atoms with Gasteiger partial charge in [-0.15, -0.1) is 0 Å². The monoisotopic (exact) mass is 268 g/mol. The first-order valence-electron chi connectivity index (χ1n) is 8.38. The molecule has 0 bridgehead atoms. The number of hydrogen-bond acceptors (Lipinski definition) is 1. The van der Waals surface area contributed by atoms with E-state index in [1.165, 1.54) is 19.3 Å². The van der Waals surface area contributed by atoms with Gasteiger partial charge in [0.2, 0.25) is 0 Å². The van der Waals surface area contributed by atoms with Gasteiger partial charge in [0.15, 0.2) is 0 Å². The van der Waals surface area contributed by atoms with E-state index in [-0.39, 0.29) is 5.41 Å². The van der Waals surface area contributed by atoms with Crippen LogP contribution in [0.15, 0.2) is 35.5 Å². The Morgan fingerprint density at radius 3 is 3.05 bits per heavy atom. The van der Waals surface area contributed by atoms with Crippen LogP contribution in [0.4, 0.5) is 0 Å². The Kier molecular flexibility index (Phi) is 2.80. The van der Waals surface area contributed by atoms with Crippen molar-refractivity contribution in [2.45, 2.75) is 51.9 Å². The Morgan fingerprint density at radius 1 is 1.30 bits per heavy atom. The van der Waals surface area contributed by atoms with Crippen LogP contribution in [0.1, 0.15) is 51.9 Å². The molecule has 0 radical (unpaired) electrons. The van der Waals surface area contributed by atoms with Gasteiger partial charge < -0.3 is 0 Å². The fourth-order valence-electron chi connectivity index (χ4n) is 5.36.